The molecule has 2 aromatic carbocycles. The standard InChI is InChI=1S/C23H22BrFN2O4/c24-17-3-1-2-16(14-17)20-19(21(28)15-4-6-18(25)7-5-15)22(29)23(30)27(20)9-8-26-10-12-31-13-11-26/h1-7,14,20,28H,8-13H2/b21-19+/t20-/m0/s1. The normalized spacial score (nSPS) is 21.6. The predicted octanol–water partition coefficient (Wildman–Crippen LogP) is 3.34. The third-order valence-electron chi connectivity index (χ3n) is 5.58. The fourth-order valence-corrected chi connectivity index (χ4v) is 4.39. The third-order valence-corrected chi connectivity index (χ3v) is 6.08. The van der Waals surface area contributed by atoms with Gasteiger partial charge < -0.3 is 14.7 Å². The summed E-state index contributed by atoms with van der Waals surface area (Å²) in [6.45, 7) is 3.73. The molecule has 162 valence electrons. The van der Waals surface area contributed by atoms with Crippen molar-refractivity contribution in [1.82, 2.24) is 9.80 Å². The highest BCUT2D eigenvalue weighted by Gasteiger charge is 2.46. The SMILES string of the molecule is O=C1C(=O)N(CCN2CCOCC2)[C@@H](c2cccc(Br)c2)/C1=C(\O)c1ccc(F)cc1. The van der Waals surface area contributed by atoms with Gasteiger partial charge in [0.2, 0.25) is 0 Å². The van der Waals surface area contributed by atoms with E-state index < -0.39 is 23.5 Å². The molecular formula is C23H22BrFN2O4. The van der Waals surface area contributed by atoms with Crippen molar-refractivity contribution in [3.8, 4) is 0 Å². The summed E-state index contributed by atoms with van der Waals surface area (Å²) in [5.74, 6) is -2.15. The van der Waals surface area contributed by atoms with E-state index in [4.69, 9.17) is 4.74 Å². The first-order chi connectivity index (χ1) is 15.0. The molecule has 1 atom stereocenters. The largest absolute Gasteiger partial charge is 0.507 e. The van der Waals surface area contributed by atoms with Crippen molar-refractivity contribution in [2.75, 3.05) is 39.4 Å². The number of ether oxygens (including phenoxy) is 1. The summed E-state index contributed by atoms with van der Waals surface area (Å²) in [7, 11) is 0. The van der Waals surface area contributed by atoms with E-state index in [1.807, 2.05) is 24.3 Å². The summed E-state index contributed by atoms with van der Waals surface area (Å²) in [4.78, 5) is 29.6. The smallest absolute Gasteiger partial charge is 0.295 e. The van der Waals surface area contributed by atoms with Crippen LogP contribution >= 0.6 is 15.9 Å². The second-order valence-corrected chi connectivity index (χ2v) is 8.42. The lowest BCUT2D eigenvalue weighted by Crippen LogP contribution is -2.42. The molecule has 0 radical (unpaired) electrons. The first kappa shape index (κ1) is 21.7. The van der Waals surface area contributed by atoms with Gasteiger partial charge in [0.25, 0.3) is 11.7 Å². The Morgan fingerprint density at radius 3 is 2.48 bits per heavy atom. The lowest BCUT2D eigenvalue weighted by atomic mass is 9.95. The number of benzene rings is 2. The van der Waals surface area contributed by atoms with Crippen molar-refractivity contribution < 1.29 is 23.8 Å². The molecule has 8 heteroatoms. The molecule has 0 saturated carbocycles. The second-order valence-electron chi connectivity index (χ2n) is 7.51. The molecule has 2 saturated heterocycles. The molecule has 0 spiro atoms. The minimum Gasteiger partial charge on any atom is -0.507 e. The Hall–Kier alpha value is -2.55. The first-order valence-corrected chi connectivity index (χ1v) is 10.8. The van der Waals surface area contributed by atoms with E-state index in [9.17, 15) is 19.1 Å². The fourth-order valence-electron chi connectivity index (χ4n) is 3.97. The molecule has 0 aromatic heterocycles. The van der Waals surface area contributed by atoms with Gasteiger partial charge >= 0.3 is 0 Å². The molecule has 2 aliphatic rings. The number of likely N-dealkylation sites (tertiary alicyclic amines) is 1. The summed E-state index contributed by atoms with van der Waals surface area (Å²) >= 11 is 3.44. The van der Waals surface area contributed by atoms with Gasteiger partial charge in [-0.15, -0.1) is 0 Å². The minimum atomic E-state index is -0.742. The molecule has 2 heterocycles. The molecule has 0 aliphatic carbocycles. The van der Waals surface area contributed by atoms with Gasteiger partial charge in [0.1, 0.15) is 11.6 Å². The number of ketones is 1. The Morgan fingerprint density at radius 1 is 1.10 bits per heavy atom. The van der Waals surface area contributed by atoms with E-state index in [1.165, 1.54) is 29.2 Å². The van der Waals surface area contributed by atoms with Crippen molar-refractivity contribution in [1.29, 1.82) is 0 Å². The summed E-state index contributed by atoms with van der Waals surface area (Å²) in [6, 6.07) is 11.8. The van der Waals surface area contributed by atoms with E-state index in [-0.39, 0.29) is 16.9 Å². The molecule has 1 N–H and O–H groups in total. The van der Waals surface area contributed by atoms with Crippen LogP contribution in [0.2, 0.25) is 0 Å². The molecule has 2 aromatic rings. The highest BCUT2D eigenvalue weighted by atomic mass is 79.9. The number of amides is 1. The molecule has 2 fully saturated rings. The summed E-state index contributed by atoms with van der Waals surface area (Å²) in [6.07, 6.45) is 0. The number of carbonyl (C=O) groups excluding carboxylic acids is 2. The minimum absolute atomic E-state index is 0.0108. The van der Waals surface area contributed by atoms with Gasteiger partial charge in [0.15, 0.2) is 0 Å². The number of Topliss-reactive ketones (excluding diaryl/α,β-unsaturated/α-hetero) is 1. The van der Waals surface area contributed by atoms with Crippen molar-refractivity contribution in [2.24, 2.45) is 0 Å². The van der Waals surface area contributed by atoms with Crippen molar-refractivity contribution >= 4 is 33.4 Å². The Morgan fingerprint density at radius 2 is 1.81 bits per heavy atom. The molecule has 2 aliphatic heterocycles. The molecule has 0 unspecified atom stereocenters. The maximum Gasteiger partial charge on any atom is 0.295 e. The Bertz CT molecular complexity index is 1020. The van der Waals surface area contributed by atoms with Crippen LogP contribution in [0.3, 0.4) is 0 Å². The third kappa shape index (κ3) is 4.56. The number of aliphatic hydroxyl groups is 1. The molecule has 31 heavy (non-hydrogen) atoms. The van der Waals surface area contributed by atoms with Gasteiger partial charge in [-0.25, -0.2) is 4.39 Å². The van der Waals surface area contributed by atoms with E-state index in [1.54, 1.807) is 0 Å². The molecule has 4 rings (SSSR count). The number of rotatable bonds is 5. The lowest BCUT2D eigenvalue weighted by molar-refractivity contribution is -0.140. The maximum atomic E-state index is 13.3. The fraction of sp³-hybridized carbons (Fsp3) is 0.304. The highest BCUT2D eigenvalue weighted by molar-refractivity contribution is 9.10. The quantitative estimate of drug-likeness (QED) is 0.397. The van der Waals surface area contributed by atoms with E-state index in [0.29, 0.717) is 31.9 Å². The average molecular weight is 489 g/mol. The van der Waals surface area contributed by atoms with E-state index in [2.05, 4.69) is 20.8 Å². The maximum absolute atomic E-state index is 13.3. The monoisotopic (exact) mass is 488 g/mol. The van der Waals surface area contributed by atoms with Crippen LogP contribution < -0.4 is 0 Å². The predicted molar refractivity (Wildman–Crippen MR) is 117 cm³/mol. The number of halogens is 2. The van der Waals surface area contributed by atoms with Crippen LogP contribution in [-0.4, -0.2) is 66.0 Å². The number of hydrogen-bond acceptors (Lipinski definition) is 5. The van der Waals surface area contributed by atoms with Crippen LogP contribution in [0.5, 0.6) is 0 Å². The zero-order valence-corrected chi connectivity index (χ0v) is 18.3. The summed E-state index contributed by atoms with van der Waals surface area (Å²) in [5, 5.41) is 11.0. The van der Waals surface area contributed by atoms with Crippen molar-refractivity contribution in [3.63, 3.8) is 0 Å². The molecule has 0 bridgehead atoms. The van der Waals surface area contributed by atoms with Crippen LogP contribution in [0, 0.1) is 5.82 Å². The Labute approximate surface area is 188 Å². The number of hydrogen-bond donors (Lipinski definition) is 1. The lowest BCUT2D eigenvalue weighted by Gasteiger charge is -2.31. The van der Waals surface area contributed by atoms with Gasteiger partial charge in [-0.2, -0.15) is 0 Å². The van der Waals surface area contributed by atoms with Crippen LogP contribution in [0.25, 0.3) is 5.76 Å². The van der Waals surface area contributed by atoms with Gasteiger partial charge in [-0.05, 0) is 42.0 Å². The van der Waals surface area contributed by atoms with Gasteiger partial charge in [-0.1, -0.05) is 28.1 Å². The van der Waals surface area contributed by atoms with Crippen molar-refractivity contribution in [3.05, 3.63) is 75.5 Å². The van der Waals surface area contributed by atoms with Gasteiger partial charge in [0, 0.05) is 36.2 Å². The number of carbonyl (C=O) groups is 2. The van der Waals surface area contributed by atoms with Crippen LogP contribution in [0.4, 0.5) is 4.39 Å². The summed E-state index contributed by atoms with van der Waals surface area (Å²) in [5.41, 5.74) is 1.00. The average Bonchev–Trinajstić information content (AvgIpc) is 3.03. The van der Waals surface area contributed by atoms with Crippen LogP contribution in [0.1, 0.15) is 17.2 Å². The molecule has 1 amide bonds. The van der Waals surface area contributed by atoms with Crippen LogP contribution in [-0.2, 0) is 14.3 Å². The summed E-state index contributed by atoms with van der Waals surface area (Å²) < 4.78 is 19.5. The van der Waals surface area contributed by atoms with E-state index in [0.717, 1.165) is 17.6 Å². The van der Waals surface area contributed by atoms with Crippen LogP contribution in [0.15, 0.2) is 58.6 Å². The first-order valence-electron chi connectivity index (χ1n) is 10.1. The Balaban J connectivity index is 1.73. The van der Waals surface area contributed by atoms with Gasteiger partial charge in [0.05, 0.1) is 24.8 Å². The van der Waals surface area contributed by atoms with Gasteiger partial charge in [-0.3, -0.25) is 14.5 Å². The highest BCUT2D eigenvalue weighted by Crippen LogP contribution is 2.39. The van der Waals surface area contributed by atoms with Crippen molar-refractivity contribution in [2.45, 2.75) is 6.04 Å². The number of nitrogens with zero attached hydrogens (tertiary/aromatic N) is 2. The number of morpholine rings is 1. The second kappa shape index (κ2) is 9.30. The zero-order valence-electron chi connectivity index (χ0n) is 16.8. The Kier molecular flexibility index (Phi) is 6.50. The number of aliphatic hydroxyl groups excluding tert-OH is 1. The molecule has 6 nitrogen and oxygen atoms in total. The topological polar surface area (TPSA) is 70.1 Å². The zero-order chi connectivity index (χ0) is 22.0. The molecular weight excluding hydrogens is 467 g/mol. The van der Waals surface area contributed by atoms with E-state index >= 15 is 0 Å².